The summed E-state index contributed by atoms with van der Waals surface area (Å²) in [5.41, 5.74) is 1.92. The number of nitrogens with zero attached hydrogens (tertiary/aromatic N) is 2. The Hall–Kier alpha value is -1.85. The molecular weight excluding hydrogens is 246 g/mol. The van der Waals surface area contributed by atoms with Crippen LogP contribution in [0.3, 0.4) is 0 Å². The topological polar surface area (TPSA) is 84.2 Å². The van der Waals surface area contributed by atoms with Crippen LogP contribution in [0.25, 0.3) is 0 Å². The predicted molar refractivity (Wildman–Crippen MR) is 68.6 cm³/mol. The summed E-state index contributed by atoms with van der Waals surface area (Å²) in [4.78, 5) is 22.8. The highest BCUT2D eigenvalue weighted by Gasteiger charge is 2.37. The first-order valence-electron chi connectivity index (χ1n) is 6.50. The largest absolute Gasteiger partial charge is 0.480 e. The van der Waals surface area contributed by atoms with E-state index in [1.54, 1.807) is 4.68 Å². The van der Waals surface area contributed by atoms with Gasteiger partial charge in [-0.1, -0.05) is 0 Å². The Bertz CT molecular complexity index is 491. The molecule has 1 amide bonds. The Morgan fingerprint density at radius 2 is 2.21 bits per heavy atom. The van der Waals surface area contributed by atoms with Gasteiger partial charge in [0.15, 0.2) is 0 Å². The van der Waals surface area contributed by atoms with Crippen molar-refractivity contribution in [2.45, 2.75) is 45.7 Å². The molecule has 0 aliphatic heterocycles. The van der Waals surface area contributed by atoms with E-state index in [4.69, 9.17) is 5.11 Å². The van der Waals surface area contributed by atoms with Crippen LogP contribution in [0.5, 0.6) is 0 Å². The number of amides is 1. The molecule has 0 bridgehead atoms. The fourth-order valence-corrected chi connectivity index (χ4v) is 2.17. The highest BCUT2D eigenvalue weighted by molar-refractivity contribution is 5.83. The molecule has 0 radical (unpaired) electrons. The summed E-state index contributed by atoms with van der Waals surface area (Å²) < 4.78 is 1.77. The van der Waals surface area contributed by atoms with Gasteiger partial charge in [-0.25, -0.2) is 4.79 Å². The van der Waals surface area contributed by atoms with Crippen molar-refractivity contribution >= 4 is 11.9 Å². The zero-order valence-electron chi connectivity index (χ0n) is 11.2. The maximum absolute atomic E-state index is 11.8. The molecular formula is C13H19N3O3. The number of carboxylic acid groups (broad SMARTS) is 1. The van der Waals surface area contributed by atoms with Gasteiger partial charge >= 0.3 is 5.97 Å². The third-order valence-corrected chi connectivity index (χ3v) is 3.33. The predicted octanol–water partition coefficient (Wildman–Crippen LogP) is 0.869. The monoisotopic (exact) mass is 265 g/mol. The van der Waals surface area contributed by atoms with Crippen LogP contribution in [0.1, 0.15) is 30.7 Å². The van der Waals surface area contributed by atoms with Crippen molar-refractivity contribution in [2.24, 2.45) is 5.92 Å². The van der Waals surface area contributed by atoms with Gasteiger partial charge in [-0.05, 0) is 38.7 Å². The molecule has 1 atom stereocenters. The summed E-state index contributed by atoms with van der Waals surface area (Å²) in [6.07, 6.45) is 2.02. The van der Waals surface area contributed by atoms with Crippen LogP contribution in [-0.2, 0) is 16.1 Å². The quantitative estimate of drug-likeness (QED) is 0.799. The van der Waals surface area contributed by atoms with Gasteiger partial charge < -0.3 is 10.4 Å². The smallest absolute Gasteiger partial charge is 0.326 e. The number of aromatic nitrogens is 2. The van der Waals surface area contributed by atoms with Gasteiger partial charge in [0.05, 0.1) is 5.69 Å². The Kier molecular flexibility index (Phi) is 3.87. The third kappa shape index (κ3) is 3.56. The summed E-state index contributed by atoms with van der Waals surface area (Å²) in [6.45, 7) is 4.31. The van der Waals surface area contributed by atoms with E-state index in [1.807, 2.05) is 19.9 Å². The van der Waals surface area contributed by atoms with E-state index in [9.17, 15) is 9.59 Å². The molecule has 0 saturated heterocycles. The molecule has 1 saturated carbocycles. The number of hydrogen-bond acceptors (Lipinski definition) is 3. The van der Waals surface area contributed by atoms with Crippen LogP contribution in [0, 0.1) is 19.8 Å². The minimum atomic E-state index is -0.943. The minimum absolute atomic E-state index is 0.107. The highest BCUT2D eigenvalue weighted by Crippen LogP contribution is 2.32. The lowest BCUT2D eigenvalue weighted by Crippen LogP contribution is -2.42. The first-order valence-corrected chi connectivity index (χ1v) is 6.50. The summed E-state index contributed by atoms with van der Waals surface area (Å²) in [5, 5.41) is 15.9. The van der Waals surface area contributed by atoms with Crippen molar-refractivity contribution in [2.75, 3.05) is 0 Å². The molecule has 1 unspecified atom stereocenters. The average Bonchev–Trinajstić information content (AvgIpc) is 3.10. The van der Waals surface area contributed by atoms with Crippen LogP contribution in [-0.4, -0.2) is 32.8 Å². The normalized spacial score (nSPS) is 16.1. The maximum atomic E-state index is 11.8. The van der Waals surface area contributed by atoms with Gasteiger partial charge in [0.1, 0.15) is 6.04 Å². The van der Waals surface area contributed by atoms with Crippen molar-refractivity contribution in [1.82, 2.24) is 15.1 Å². The van der Waals surface area contributed by atoms with E-state index in [2.05, 4.69) is 10.4 Å². The third-order valence-electron chi connectivity index (χ3n) is 3.33. The van der Waals surface area contributed by atoms with Gasteiger partial charge in [-0.3, -0.25) is 9.48 Å². The fraction of sp³-hybridized carbons (Fsp3) is 0.615. The number of hydrogen-bond donors (Lipinski definition) is 2. The Morgan fingerprint density at radius 1 is 1.53 bits per heavy atom. The van der Waals surface area contributed by atoms with E-state index in [0.29, 0.717) is 6.54 Å². The molecule has 1 aliphatic rings. The maximum Gasteiger partial charge on any atom is 0.326 e. The molecule has 6 heteroatoms. The van der Waals surface area contributed by atoms with Crippen molar-refractivity contribution in [1.29, 1.82) is 0 Å². The second kappa shape index (κ2) is 5.42. The van der Waals surface area contributed by atoms with Crippen molar-refractivity contribution in [3.05, 3.63) is 17.5 Å². The number of carbonyl (C=O) groups is 2. The molecule has 2 rings (SSSR count). The second-order valence-electron chi connectivity index (χ2n) is 5.12. The van der Waals surface area contributed by atoms with Crippen LogP contribution in [0.2, 0.25) is 0 Å². The molecule has 1 aliphatic carbocycles. The van der Waals surface area contributed by atoms with Crippen LogP contribution in [0.4, 0.5) is 0 Å². The molecule has 0 spiro atoms. The van der Waals surface area contributed by atoms with Gasteiger partial charge in [0.25, 0.3) is 0 Å². The number of rotatable bonds is 6. The molecule has 0 aromatic carbocycles. The van der Waals surface area contributed by atoms with E-state index in [1.165, 1.54) is 0 Å². The summed E-state index contributed by atoms with van der Waals surface area (Å²) in [6, 6.07) is 1.22. The Morgan fingerprint density at radius 3 is 2.68 bits per heavy atom. The first kappa shape index (κ1) is 13.6. The molecule has 1 heterocycles. The standard InChI is InChI=1S/C13H19N3O3/c1-8-7-9(2)16(15-8)6-5-11(17)14-12(13(18)19)10-3-4-10/h7,10,12H,3-6H2,1-2H3,(H,14,17)(H,18,19). The highest BCUT2D eigenvalue weighted by atomic mass is 16.4. The zero-order chi connectivity index (χ0) is 14.0. The molecule has 2 N–H and O–H groups in total. The van der Waals surface area contributed by atoms with Crippen molar-refractivity contribution in [3.8, 4) is 0 Å². The van der Waals surface area contributed by atoms with E-state index < -0.39 is 12.0 Å². The van der Waals surface area contributed by atoms with Gasteiger partial charge in [0.2, 0.25) is 5.91 Å². The molecule has 19 heavy (non-hydrogen) atoms. The van der Waals surface area contributed by atoms with Crippen molar-refractivity contribution in [3.63, 3.8) is 0 Å². The number of aryl methyl sites for hydroxylation is 3. The van der Waals surface area contributed by atoms with E-state index in [-0.39, 0.29) is 18.2 Å². The first-order chi connectivity index (χ1) is 8.97. The zero-order valence-corrected chi connectivity index (χ0v) is 11.2. The number of aliphatic carboxylic acids is 1. The van der Waals surface area contributed by atoms with E-state index in [0.717, 1.165) is 24.2 Å². The van der Waals surface area contributed by atoms with Crippen LogP contribution >= 0.6 is 0 Å². The molecule has 1 aromatic rings. The van der Waals surface area contributed by atoms with Crippen LogP contribution < -0.4 is 5.32 Å². The van der Waals surface area contributed by atoms with Crippen LogP contribution in [0.15, 0.2) is 6.07 Å². The molecule has 1 fully saturated rings. The summed E-state index contributed by atoms with van der Waals surface area (Å²) in [5.74, 6) is -1.07. The molecule has 104 valence electrons. The summed E-state index contributed by atoms with van der Waals surface area (Å²) in [7, 11) is 0. The SMILES string of the molecule is Cc1cc(C)n(CCC(=O)NC(C(=O)O)C2CC2)n1. The molecule has 6 nitrogen and oxygen atoms in total. The minimum Gasteiger partial charge on any atom is -0.480 e. The average molecular weight is 265 g/mol. The van der Waals surface area contributed by atoms with E-state index >= 15 is 0 Å². The Balaban J connectivity index is 1.84. The number of carboxylic acids is 1. The number of carbonyl (C=O) groups excluding carboxylic acids is 1. The van der Waals surface area contributed by atoms with Gasteiger partial charge in [-0.2, -0.15) is 5.10 Å². The van der Waals surface area contributed by atoms with Gasteiger partial charge in [0, 0.05) is 18.7 Å². The van der Waals surface area contributed by atoms with Crippen molar-refractivity contribution < 1.29 is 14.7 Å². The lowest BCUT2D eigenvalue weighted by atomic mass is 10.2. The lowest BCUT2D eigenvalue weighted by Gasteiger charge is -2.13. The van der Waals surface area contributed by atoms with Gasteiger partial charge in [-0.15, -0.1) is 0 Å². The summed E-state index contributed by atoms with van der Waals surface area (Å²) >= 11 is 0. The molecule has 1 aromatic heterocycles. The lowest BCUT2D eigenvalue weighted by molar-refractivity contribution is -0.142. The fourth-order valence-electron chi connectivity index (χ4n) is 2.17. The number of nitrogens with one attached hydrogen (secondary N) is 1. The second-order valence-corrected chi connectivity index (χ2v) is 5.12. The Labute approximate surface area is 111 Å².